The average Bonchev–Trinajstić information content (AvgIpc) is 2.78. The maximum absolute atomic E-state index is 11.4. The maximum atomic E-state index is 11.4. The van der Waals surface area contributed by atoms with Gasteiger partial charge in [0.25, 0.3) is 0 Å². The van der Waals surface area contributed by atoms with E-state index in [9.17, 15) is 19.2 Å². The van der Waals surface area contributed by atoms with Gasteiger partial charge in [-0.1, -0.05) is 37.3 Å². The molecule has 0 bridgehead atoms. The Labute approximate surface area is 194 Å². The van der Waals surface area contributed by atoms with Gasteiger partial charge in [-0.15, -0.1) is 0 Å². The van der Waals surface area contributed by atoms with Crippen molar-refractivity contribution in [3.8, 4) is 0 Å². The number of urea groups is 2. The summed E-state index contributed by atoms with van der Waals surface area (Å²) >= 11 is 0. The van der Waals surface area contributed by atoms with Crippen molar-refractivity contribution in [2.24, 2.45) is 0 Å². The van der Waals surface area contributed by atoms with Crippen LogP contribution >= 0.6 is 0 Å². The fourth-order valence-corrected chi connectivity index (χ4v) is 2.12. The van der Waals surface area contributed by atoms with Crippen LogP contribution in [0.5, 0.6) is 0 Å². The Morgan fingerprint density at radius 2 is 1.21 bits per heavy atom. The smallest absolute Gasteiger partial charge is 0.330 e. The minimum absolute atomic E-state index is 0.210. The molecule has 10 nitrogen and oxygen atoms in total. The molecule has 0 aliphatic heterocycles. The van der Waals surface area contributed by atoms with Crippen LogP contribution in [-0.4, -0.2) is 53.8 Å². The second-order valence-corrected chi connectivity index (χ2v) is 6.89. The number of carbonyl (C=O) groups excluding carboxylic acids is 2. The van der Waals surface area contributed by atoms with Gasteiger partial charge in [0.1, 0.15) is 0 Å². The Kier molecular flexibility index (Phi) is 15.8. The van der Waals surface area contributed by atoms with Gasteiger partial charge in [0, 0.05) is 36.5 Å². The lowest BCUT2D eigenvalue weighted by Gasteiger charge is -2.06. The zero-order chi connectivity index (χ0) is 25.1. The molecule has 10 heteroatoms. The number of benzene rings is 1. The van der Waals surface area contributed by atoms with Crippen molar-refractivity contribution in [1.82, 2.24) is 16.0 Å². The van der Waals surface area contributed by atoms with Gasteiger partial charge < -0.3 is 31.5 Å². The molecule has 1 aromatic carbocycles. The van der Waals surface area contributed by atoms with E-state index in [0.29, 0.717) is 43.7 Å². The van der Waals surface area contributed by atoms with Crippen LogP contribution in [0.3, 0.4) is 0 Å². The van der Waals surface area contributed by atoms with E-state index in [1.54, 1.807) is 24.3 Å². The quantitative estimate of drug-likeness (QED) is 0.219. The largest absolute Gasteiger partial charge is 0.478 e. The van der Waals surface area contributed by atoms with Crippen molar-refractivity contribution in [1.29, 1.82) is 0 Å². The van der Waals surface area contributed by atoms with E-state index < -0.39 is 11.9 Å². The van der Waals surface area contributed by atoms with Crippen LogP contribution in [0.2, 0.25) is 0 Å². The molecule has 0 heterocycles. The predicted molar refractivity (Wildman–Crippen MR) is 127 cm³/mol. The summed E-state index contributed by atoms with van der Waals surface area (Å²) in [5, 5.41) is 27.7. The van der Waals surface area contributed by atoms with Crippen LogP contribution < -0.4 is 21.3 Å². The van der Waals surface area contributed by atoms with Gasteiger partial charge in [-0.3, -0.25) is 0 Å². The highest BCUT2D eigenvalue weighted by atomic mass is 16.4. The van der Waals surface area contributed by atoms with Gasteiger partial charge in [-0.05, 0) is 45.2 Å². The zero-order valence-corrected chi connectivity index (χ0v) is 19.3. The number of nitrogens with one attached hydrogen (secondary N) is 4. The molecule has 4 amide bonds. The molecular weight excluding hydrogens is 428 g/mol. The van der Waals surface area contributed by atoms with Crippen molar-refractivity contribution < 1.29 is 29.4 Å². The molecule has 0 unspecified atom stereocenters. The van der Waals surface area contributed by atoms with E-state index >= 15 is 0 Å². The third-order valence-corrected chi connectivity index (χ3v) is 4.00. The molecule has 0 saturated heterocycles. The number of amides is 4. The molecule has 1 rings (SSSR count). The van der Waals surface area contributed by atoms with Gasteiger partial charge in [-0.25, -0.2) is 19.2 Å². The number of carbonyl (C=O) groups is 4. The molecule has 0 aliphatic rings. The first-order valence-electron chi connectivity index (χ1n) is 10.6. The standard InChI is InChI=1S/C13H16N2O3.C10H18N2O3/c1-10(12(16)17)6-5-9-14-13(18)15-11-7-3-2-4-8-11;1-3-6-11-10(15)12-7-4-5-8(2)9(13)14/h2-4,6-8H,5,9H2,1H3,(H,16,17)(H2,14,15,18);5H,3-4,6-7H2,1-2H3,(H,13,14)(H2,11,12,15). The molecule has 33 heavy (non-hydrogen) atoms. The summed E-state index contributed by atoms with van der Waals surface area (Å²) in [7, 11) is 0. The number of hydrogen-bond donors (Lipinski definition) is 6. The Bertz CT molecular complexity index is 822. The maximum Gasteiger partial charge on any atom is 0.330 e. The minimum Gasteiger partial charge on any atom is -0.478 e. The molecule has 182 valence electrons. The van der Waals surface area contributed by atoms with Crippen LogP contribution in [0, 0.1) is 0 Å². The highest BCUT2D eigenvalue weighted by molar-refractivity contribution is 5.89. The van der Waals surface area contributed by atoms with Crippen molar-refractivity contribution in [3.63, 3.8) is 0 Å². The van der Waals surface area contributed by atoms with Crippen molar-refractivity contribution in [2.45, 2.75) is 40.0 Å². The molecule has 1 aromatic rings. The summed E-state index contributed by atoms with van der Waals surface area (Å²) < 4.78 is 0. The van der Waals surface area contributed by atoms with Gasteiger partial charge in [-0.2, -0.15) is 0 Å². The Morgan fingerprint density at radius 3 is 1.67 bits per heavy atom. The Morgan fingerprint density at radius 1 is 0.758 bits per heavy atom. The van der Waals surface area contributed by atoms with Crippen LogP contribution in [0.15, 0.2) is 53.6 Å². The number of carboxylic acid groups (broad SMARTS) is 2. The van der Waals surface area contributed by atoms with E-state index in [-0.39, 0.29) is 17.6 Å². The zero-order valence-electron chi connectivity index (χ0n) is 19.3. The molecule has 0 radical (unpaired) electrons. The van der Waals surface area contributed by atoms with Gasteiger partial charge in [0.15, 0.2) is 0 Å². The Hall–Kier alpha value is -3.82. The van der Waals surface area contributed by atoms with Crippen LogP contribution in [0.25, 0.3) is 0 Å². The van der Waals surface area contributed by atoms with Crippen LogP contribution in [0.1, 0.15) is 40.0 Å². The lowest BCUT2D eigenvalue weighted by Crippen LogP contribution is -2.36. The number of hydrogen-bond acceptors (Lipinski definition) is 4. The second-order valence-electron chi connectivity index (χ2n) is 6.89. The average molecular weight is 463 g/mol. The topological polar surface area (TPSA) is 157 Å². The third kappa shape index (κ3) is 16.5. The summed E-state index contributed by atoms with van der Waals surface area (Å²) in [4.78, 5) is 43.4. The lowest BCUT2D eigenvalue weighted by atomic mass is 10.2. The minimum atomic E-state index is -0.941. The molecule has 0 aromatic heterocycles. The van der Waals surface area contributed by atoms with Crippen molar-refractivity contribution in [3.05, 3.63) is 53.6 Å². The monoisotopic (exact) mass is 462 g/mol. The normalized spacial score (nSPS) is 10.9. The van der Waals surface area contributed by atoms with Crippen LogP contribution in [0.4, 0.5) is 15.3 Å². The molecule has 0 saturated carbocycles. The van der Waals surface area contributed by atoms with Crippen molar-refractivity contribution >= 4 is 29.7 Å². The summed E-state index contributed by atoms with van der Waals surface area (Å²) in [6, 6.07) is 8.58. The van der Waals surface area contributed by atoms with Gasteiger partial charge >= 0.3 is 24.0 Å². The first-order chi connectivity index (χ1) is 15.7. The van der Waals surface area contributed by atoms with E-state index in [4.69, 9.17) is 10.2 Å². The van der Waals surface area contributed by atoms with E-state index in [1.807, 2.05) is 25.1 Å². The van der Waals surface area contributed by atoms with Crippen molar-refractivity contribution in [2.75, 3.05) is 25.0 Å². The van der Waals surface area contributed by atoms with Gasteiger partial charge in [0.2, 0.25) is 0 Å². The van der Waals surface area contributed by atoms with Gasteiger partial charge in [0.05, 0.1) is 0 Å². The highest BCUT2D eigenvalue weighted by Crippen LogP contribution is 2.04. The molecule has 0 spiro atoms. The third-order valence-electron chi connectivity index (χ3n) is 4.00. The summed E-state index contributed by atoms with van der Waals surface area (Å²) in [5.74, 6) is -1.87. The molecule has 0 fully saturated rings. The number of rotatable bonds is 11. The van der Waals surface area contributed by atoms with E-state index in [2.05, 4.69) is 21.3 Å². The number of aliphatic carboxylic acids is 2. The second kappa shape index (κ2) is 17.8. The summed E-state index contributed by atoms with van der Waals surface area (Å²) in [6.07, 6.45) is 5.07. The van der Waals surface area contributed by atoms with E-state index in [1.165, 1.54) is 13.8 Å². The SMILES string of the molecule is CC(=CCCNC(=O)Nc1ccccc1)C(=O)O.CCCNC(=O)NCCC=C(C)C(=O)O. The number of para-hydroxylation sites is 1. The number of anilines is 1. The van der Waals surface area contributed by atoms with Crippen LogP contribution in [-0.2, 0) is 9.59 Å². The summed E-state index contributed by atoms with van der Waals surface area (Å²) in [5.41, 5.74) is 1.29. The highest BCUT2D eigenvalue weighted by Gasteiger charge is 2.01. The predicted octanol–water partition coefficient (Wildman–Crippen LogP) is 3.35. The summed E-state index contributed by atoms with van der Waals surface area (Å²) in [6.45, 7) is 6.50. The molecule has 0 aliphatic carbocycles. The fraction of sp³-hybridized carbons (Fsp3) is 0.391. The lowest BCUT2D eigenvalue weighted by molar-refractivity contribution is -0.133. The molecule has 0 atom stereocenters. The molecule has 6 N–H and O–H groups in total. The fourth-order valence-electron chi connectivity index (χ4n) is 2.12. The number of carboxylic acids is 2. The first kappa shape index (κ1) is 29.2. The Balaban J connectivity index is 0.000000633. The molecular formula is C23H34N4O6. The van der Waals surface area contributed by atoms with E-state index in [0.717, 1.165) is 6.42 Å². The first-order valence-corrected chi connectivity index (χ1v) is 10.6.